The molecule has 0 spiro atoms. The number of nitrogens with zero attached hydrogens (tertiary/aromatic N) is 1. The van der Waals surface area contributed by atoms with Crippen LogP contribution in [0.2, 0.25) is 0 Å². The fourth-order valence-corrected chi connectivity index (χ4v) is 7.60. The van der Waals surface area contributed by atoms with E-state index in [1.807, 2.05) is 85.0 Å². The van der Waals surface area contributed by atoms with Crippen LogP contribution in [0.1, 0.15) is 54.7 Å². The zero-order chi connectivity index (χ0) is 27.0. The summed E-state index contributed by atoms with van der Waals surface area (Å²) in [6.07, 6.45) is 0. The lowest BCUT2D eigenvalue weighted by Gasteiger charge is -2.16. The normalized spacial score (nSPS) is 17.2. The van der Waals surface area contributed by atoms with Crippen LogP contribution in [0.25, 0.3) is 21.8 Å². The van der Waals surface area contributed by atoms with Gasteiger partial charge in [-0.15, -0.1) is 23.5 Å². The maximum absolute atomic E-state index is 13.5. The average Bonchev–Trinajstić information content (AvgIpc) is 3.43. The van der Waals surface area contributed by atoms with Crippen LogP contribution in [0, 0.1) is 6.92 Å². The smallest absolute Gasteiger partial charge is 0.331 e. The van der Waals surface area contributed by atoms with Gasteiger partial charge in [0.2, 0.25) is 0 Å². The van der Waals surface area contributed by atoms with E-state index in [4.69, 9.17) is 9.57 Å². The number of aromatic nitrogens is 1. The van der Waals surface area contributed by atoms with E-state index in [-0.39, 0.29) is 9.86 Å². The van der Waals surface area contributed by atoms with Crippen molar-refractivity contribution in [2.75, 3.05) is 12.4 Å². The maximum atomic E-state index is 13.5. The second-order valence-electron chi connectivity index (χ2n) is 9.97. The number of thioether (sulfide) groups is 2. The molecule has 1 unspecified atom stereocenters. The van der Waals surface area contributed by atoms with Gasteiger partial charge in [-0.05, 0) is 87.4 Å². The molecule has 0 aliphatic carbocycles. The number of aromatic amines is 1. The molecular formula is C30H30N2O4S2. The molecule has 0 amide bonds. The molecule has 0 bridgehead atoms. The monoisotopic (exact) mass is 546 g/mol. The molecule has 0 radical (unpaired) electrons. The van der Waals surface area contributed by atoms with Crippen molar-refractivity contribution in [3.8, 4) is 5.75 Å². The number of carbonyl (C=O) groups excluding carboxylic acids is 2. The minimum Gasteiger partial charge on any atom is -0.492 e. The van der Waals surface area contributed by atoms with E-state index in [9.17, 15) is 9.59 Å². The van der Waals surface area contributed by atoms with E-state index in [1.54, 1.807) is 6.92 Å². The number of aryl methyl sites for hydroxylation is 1. The lowest BCUT2D eigenvalue weighted by Crippen LogP contribution is -2.15. The molecule has 1 atom stereocenters. The maximum Gasteiger partial charge on any atom is 0.331 e. The van der Waals surface area contributed by atoms with E-state index in [0.717, 1.165) is 44.4 Å². The Morgan fingerprint density at radius 1 is 1.00 bits per heavy atom. The first-order valence-corrected chi connectivity index (χ1v) is 14.3. The number of benzene rings is 3. The number of oxime groups is 1. The molecule has 8 heteroatoms. The van der Waals surface area contributed by atoms with Gasteiger partial charge in [0.05, 0.1) is 9.79 Å². The molecule has 196 valence electrons. The highest BCUT2D eigenvalue weighted by molar-refractivity contribution is 8.21. The SMILES string of the molecule is CC(=O)O/N=C(\C)c1ccc2[nH]c3ccc(C(=O)c4ccc(OCC5CSC(C)(C)S5)cc4C)cc3c2c1. The summed E-state index contributed by atoms with van der Waals surface area (Å²) in [5, 5.41) is 6.28. The highest BCUT2D eigenvalue weighted by atomic mass is 32.2. The molecule has 38 heavy (non-hydrogen) atoms. The van der Waals surface area contributed by atoms with Gasteiger partial charge in [-0.3, -0.25) is 4.79 Å². The van der Waals surface area contributed by atoms with Gasteiger partial charge in [-0.2, -0.15) is 0 Å². The van der Waals surface area contributed by atoms with Crippen LogP contribution < -0.4 is 4.74 Å². The fraction of sp³-hybridized carbons (Fsp3) is 0.300. The molecule has 1 aliphatic heterocycles. The number of hydrogen-bond acceptors (Lipinski definition) is 7. The van der Waals surface area contributed by atoms with Crippen LogP contribution in [0.15, 0.2) is 59.8 Å². The molecule has 2 heterocycles. The number of hydrogen-bond donors (Lipinski definition) is 1. The summed E-state index contributed by atoms with van der Waals surface area (Å²) in [6, 6.07) is 17.3. The third-order valence-electron chi connectivity index (χ3n) is 6.54. The lowest BCUT2D eigenvalue weighted by molar-refractivity contribution is -0.140. The van der Waals surface area contributed by atoms with Gasteiger partial charge in [0, 0.05) is 50.9 Å². The van der Waals surface area contributed by atoms with Crippen LogP contribution in [0.3, 0.4) is 0 Å². The lowest BCUT2D eigenvalue weighted by atomic mass is 9.97. The number of fused-ring (bicyclic) bond motifs is 3. The first-order chi connectivity index (χ1) is 18.1. The fourth-order valence-electron chi connectivity index (χ4n) is 4.62. The zero-order valence-corrected chi connectivity index (χ0v) is 23.7. The molecule has 6 nitrogen and oxygen atoms in total. The standard InChI is InChI=1S/C30H30N2O4S2/c1-17-12-22(35-15-23-16-37-30(4,5)38-23)8-9-24(17)29(34)21-7-11-28-26(14-21)25-13-20(6-10-27(25)31-28)18(2)32-36-19(3)33/h6-14,23,31H,15-16H2,1-5H3/b32-18+. The quantitative estimate of drug-likeness (QED) is 0.115. The summed E-state index contributed by atoms with van der Waals surface area (Å²) in [6.45, 7) is 10.2. The van der Waals surface area contributed by atoms with Crippen LogP contribution >= 0.6 is 23.5 Å². The van der Waals surface area contributed by atoms with Gasteiger partial charge in [0.25, 0.3) is 0 Å². The average molecular weight is 547 g/mol. The van der Waals surface area contributed by atoms with Crippen molar-refractivity contribution < 1.29 is 19.2 Å². The van der Waals surface area contributed by atoms with Crippen molar-refractivity contribution >= 4 is 62.8 Å². The molecule has 4 aromatic rings. The molecule has 3 aromatic carbocycles. The topological polar surface area (TPSA) is 80.8 Å². The van der Waals surface area contributed by atoms with Gasteiger partial charge < -0.3 is 14.6 Å². The number of carbonyl (C=O) groups is 2. The summed E-state index contributed by atoms with van der Waals surface area (Å²) >= 11 is 3.93. The Morgan fingerprint density at radius 2 is 1.68 bits per heavy atom. The number of ether oxygens (including phenoxy) is 1. The predicted octanol–water partition coefficient (Wildman–Crippen LogP) is 7.11. The Labute approximate surface area is 230 Å². The third kappa shape index (κ3) is 5.61. The summed E-state index contributed by atoms with van der Waals surface area (Å²) in [4.78, 5) is 32.8. The molecule has 5 rings (SSSR count). The minimum absolute atomic E-state index is 0.0291. The second kappa shape index (κ2) is 10.5. The van der Waals surface area contributed by atoms with Gasteiger partial charge in [-0.25, -0.2) is 4.79 Å². The Hall–Kier alpha value is -3.23. The van der Waals surface area contributed by atoms with E-state index >= 15 is 0 Å². The third-order valence-corrected chi connectivity index (χ3v) is 9.86. The van der Waals surface area contributed by atoms with Crippen molar-refractivity contribution in [3.05, 3.63) is 76.9 Å². The summed E-state index contributed by atoms with van der Waals surface area (Å²) in [7, 11) is 0. The minimum atomic E-state index is -0.466. The van der Waals surface area contributed by atoms with Crippen molar-refractivity contribution in [1.82, 2.24) is 4.98 Å². The van der Waals surface area contributed by atoms with Crippen molar-refractivity contribution in [2.24, 2.45) is 5.16 Å². The first-order valence-electron chi connectivity index (χ1n) is 12.5. The van der Waals surface area contributed by atoms with Crippen LogP contribution in [0.5, 0.6) is 5.75 Å². The molecule has 1 aliphatic rings. The molecule has 1 aromatic heterocycles. The number of H-pyrrole nitrogens is 1. The Morgan fingerprint density at radius 3 is 2.32 bits per heavy atom. The van der Waals surface area contributed by atoms with Crippen LogP contribution in [-0.2, 0) is 9.63 Å². The second-order valence-corrected chi connectivity index (χ2v) is 13.8. The number of nitrogens with one attached hydrogen (secondary N) is 1. The van der Waals surface area contributed by atoms with Crippen molar-refractivity contribution in [3.63, 3.8) is 0 Å². The molecule has 0 saturated carbocycles. The van der Waals surface area contributed by atoms with E-state index < -0.39 is 5.97 Å². The van der Waals surface area contributed by atoms with Crippen LogP contribution in [-0.4, -0.2) is 44.1 Å². The highest BCUT2D eigenvalue weighted by Gasteiger charge is 2.32. The number of ketones is 1. The summed E-state index contributed by atoms with van der Waals surface area (Å²) in [5.74, 6) is 1.38. The van der Waals surface area contributed by atoms with E-state index in [1.165, 1.54) is 6.92 Å². The predicted molar refractivity (Wildman–Crippen MR) is 158 cm³/mol. The zero-order valence-electron chi connectivity index (χ0n) is 22.1. The van der Waals surface area contributed by atoms with E-state index in [2.05, 4.69) is 24.0 Å². The summed E-state index contributed by atoms with van der Waals surface area (Å²) < 4.78 is 6.31. The Kier molecular flexibility index (Phi) is 7.29. The molecule has 1 saturated heterocycles. The van der Waals surface area contributed by atoms with Gasteiger partial charge in [-0.1, -0.05) is 11.2 Å². The van der Waals surface area contributed by atoms with Gasteiger partial charge >= 0.3 is 5.97 Å². The van der Waals surface area contributed by atoms with Crippen molar-refractivity contribution in [1.29, 1.82) is 0 Å². The van der Waals surface area contributed by atoms with Gasteiger partial charge in [0.15, 0.2) is 5.78 Å². The number of rotatable bonds is 7. The highest BCUT2D eigenvalue weighted by Crippen LogP contribution is 2.47. The Balaban J connectivity index is 1.38. The van der Waals surface area contributed by atoms with Crippen LogP contribution in [0.4, 0.5) is 0 Å². The largest absolute Gasteiger partial charge is 0.492 e. The summed E-state index contributed by atoms with van der Waals surface area (Å²) in [5.41, 5.74) is 5.49. The Bertz CT molecular complexity index is 1590. The molecule has 1 N–H and O–H groups in total. The van der Waals surface area contributed by atoms with Gasteiger partial charge in [0.1, 0.15) is 12.4 Å². The molecule has 1 fully saturated rings. The van der Waals surface area contributed by atoms with E-state index in [0.29, 0.717) is 28.7 Å². The molecular weight excluding hydrogens is 516 g/mol. The van der Waals surface area contributed by atoms with Crippen molar-refractivity contribution in [2.45, 2.75) is 43.9 Å². The first kappa shape index (κ1) is 26.4.